The summed E-state index contributed by atoms with van der Waals surface area (Å²) < 4.78 is 13.0. The highest BCUT2D eigenvalue weighted by Crippen LogP contribution is 2.25. The number of rotatable bonds is 4. The molecule has 5 nitrogen and oxygen atoms in total. The fourth-order valence-electron chi connectivity index (χ4n) is 1.69. The van der Waals surface area contributed by atoms with Crippen LogP contribution in [0.3, 0.4) is 0 Å². The zero-order chi connectivity index (χ0) is 13.8. The molecule has 0 unspecified atom stereocenters. The number of nitrogens with one attached hydrogen (secondary N) is 1. The lowest BCUT2D eigenvalue weighted by Crippen LogP contribution is -2.04. The van der Waals surface area contributed by atoms with E-state index in [2.05, 4.69) is 10.3 Å². The molecule has 1 heterocycles. The van der Waals surface area contributed by atoms with E-state index < -0.39 is 10.7 Å². The van der Waals surface area contributed by atoms with Crippen LogP contribution in [0.4, 0.5) is 15.8 Å². The van der Waals surface area contributed by atoms with Gasteiger partial charge >= 0.3 is 0 Å². The Morgan fingerprint density at radius 3 is 2.84 bits per heavy atom. The summed E-state index contributed by atoms with van der Waals surface area (Å²) in [4.78, 5) is 14.5. The molecule has 0 amide bonds. The third-order valence-corrected chi connectivity index (χ3v) is 2.56. The number of hydrogen-bond acceptors (Lipinski definition) is 4. The largest absolute Gasteiger partial charge is 0.374 e. The smallest absolute Gasteiger partial charge is 0.295 e. The van der Waals surface area contributed by atoms with Gasteiger partial charge in [-0.05, 0) is 31.2 Å². The van der Waals surface area contributed by atoms with Crippen LogP contribution in [0.15, 0.2) is 36.4 Å². The summed E-state index contributed by atoms with van der Waals surface area (Å²) in [5, 5.41) is 13.7. The zero-order valence-electron chi connectivity index (χ0n) is 10.3. The van der Waals surface area contributed by atoms with Crippen LogP contribution in [-0.4, -0.2) is 9.91 Å². The van der Waals surface area contributed by atoms with Crippen LogP contribution >= 0.6 is 0 Å². The van der Waals surface area contributed by atoms with Gasteiger partial charge in [-0.1, -0.05) is 6.07 Å². The number of halogens is 1. The van der Waals surface area contributed by atoms with Gasteiger partial charge in [-0.2, -0.15) is 0 Å². The molecular formula is C13H12FN3O2. The van der Waals surface area contributed by atoms with Crippen LogP contribution in [0.5, 0.6) is 0 Å². The second kappa shape index (κ2) is 5.43. The first-order chi connectivity index (χ1) is 9.06. The highest BCUT2D eigenvalue weighted by atomic mass is 19.1. The number of nitrogens with zero attached hydrogens (tertiary/aromatic N) is 2. The molecule has 1 N–H and O–H groups in total. The monoisotopic (exact) mass is 261 g/mol. The van der Waals surface area contributed by atoms with Gasteiger partial charge in [0.15, 0.2) is 0 Å². The summed E-state index contributed by atoms with van der Waals surface area (Å²) in [5.41, 5.74) is 1.62. The zero-order valence-corrected chi connectivity index (χ0v) is 10.3. The van der Waals surface area contributed by atoms with Crippen molar-refractivity contribution in [1.29, 1.82) is 0 Å². The average molecular weight is 261 g/mol. The van der Waals surface area contributed by atoms with Gasteiger partial charge in [0.1, 0.15) is 11.5 Å². The van der Waals surface area contributed by atoms with E-state index in [9.17, 15) is 14.5 Å². The first kappa shape index (κ1) is 12.9. The van der Waals surface area contributed by atoms with Gasteiger partial charge in [-0.25, -0.2) is 4.39 Å². The normalized spacial score (nSPS) is 10.2. The quantitative estimate of drug-likeness (QED) is 0.678. The Morgan fingerprint density at radius 2 is 2.16 bits per heavy atom. The number of aryl methyl sites for hydroxylation is 1. The lowest BCUT2D eigenvalue weighted by atomic mass is 10.2. The molecule has 1 aromatic carbocycles. The third-order valence-electron chi connectivity index (χ3n) is 2.56. The molecule has 0 saturated carbocycles. The highest BCUT2D eigenvalue weighted by molar-refractivity contribution is 5.61. The van der Waals surface area contributed by atoms with E-state index in [4.69, 9.17) is 0 Å². The van der Waals surface area contributed by atoms with Gasteiger partial charge in [0.25, 0.3) is 5.69 Å². The highest BCUT2D eigenvalue weighted by Gasteiger charge is 2.14. The van der Waals surface area contributed by atoms with Gasteiger partial charge < -0.3 is 5.32 Å². The van der Waals surface area contributed by atoms with E-state index in [-0.39, 0.29) is 11.4 Å². The molecule has 0 bridgehead atoms. The van der Waals surface area contributed by atoms with Crippen molar-refractivity contribution in [3.05, 3.63) is 63.7 Å². The van der Waals surface area contributed by atoms with E-state index in [1.54, 1.807) is 0 Å². The van der Waals surface area contributed by atoms with Crippen LogP contribution in [0.2, 0.25) is 0 Å². The van der Waals surface area contributed by atoms with Crippen molar-refractivity contribution in [2.75, 3.05) is 5.32 Å². The van der Waals surface area contributed by atoms with Crippen molar-refractivity contribution < 1.29 is 9.31 Å². The van der Waals surface area contributed by atoms with Crippen molar-refractivity contribution in [1.82, 2.24) is 4.98 Å². The molecule has 0 aliphatic rings. The molecule has 0 radical (unpaired) electrons. The van der Waals surface area contributed by atoms with Crippen molar-refractivity contribution in [2.24, 2.45) is 0 Å². The van der Waals surface area contributed by atoms with Gasteiger partial charge in [-0.15, -0.1) is 0 Å². The second-order valence-corrected chi connectivity index (χ2v) is 4.04. The van der Waals surface area contributed by atoms with Crippen LogP contribution in [0, 0.1) is 22.9 Å². The topological polar surface area (TPSA) is 68.1 Å². The lowest BCUT2D eigenvalue weighted by Gasteiger charge is -2.07. The SMILES string of the molecule is Cc1cccc(CNc2ccc(F)cc2[N+](=O)[O-])n1. The van der Waals surface area contributed by atoms with Crippen LogP contribution < -0.4 is 5.32 Å². The molecule has 0 saturated heterocycles. The molecule has 19 heavy (non-hydrogen) atoms. The summed E-state index contributed by atoms with van der Waals surface area (Å²) in [6.45, 7) is 2.21. The average Bonchev–Trinajstić information content (AvgIpc) is 2.37. The minimum absolute atomic E-state index is 0.273. The molecule has 0 aliphatic heterocycles. The third kappa shape index (κ3) is 3.25. The Kier molecular flexibility index (Phi) is 3.70. The fraction of sp³-hybridized carbons (Fsp3) is 0.154. The van der Waals surface area contributed by atoms with E-state index in [0.717, 1.165) is 17.5 Å². The van der Waals surface area contributed by atoms with Crippen molar-refractivity contribution in [3.8, 4) is 0 Å². The summed E-state index contributed by atoms with van der Waals surface area (Å²) in [6, 6.07) is 8.96. The molecule has 2 aromatic rings. The van der Waals surface area contributed by atoms with Crippen LogP contribution in [0.1, 0.15) is 11.4 Å². The molecule has 98 valence electrons. The first-order valence-corrected chi connectivity index (χ1v) is 5.66. The fourth-order valence-corrected chi connectivity index (χ4v) is 1.69. The standard InChI is InChI=1S/C13H12FN3O2/c1-9-3-2-4-11(16-9)8-15-12-6-5-10(14)7-13(12)17(18)19/h2-7,15H,8H2,1H3. The maximum Gasteiger partial charge on any atom is 0.295 e. The van der Waals surface area contributed by atoms with E-state index >= 15 is 0 Å². The molecule has 0 atom stereocenters. The predicted octanol–water partition coefficient (Wildman–Crippen LogP) is 3.05. The minimum atomic E-state index is -0.633. The number of aromatic nitrogens is 1. The van der Waals surface area contributed by atoms with Crippen LogP contribution in [-0.2, 0) is 6.54 Å². The number of pyridine rings is 1. The minimum Gasteiger partial charge on any atom is -0.374 e. The number of nitro benzene ring substituents is 1. The van der Waals surface area contributed by atoms with E-state index in [1.165, 1.54) is 12.1 Å². The van der Waals surface area contributed by atoms with Crippen molar-refractivity contribution in [3.63, 3.8) is 0 Å². The molecule has 2 rings (SSSR count). The Bertz CT molecular complexity index is 617. The van der Waals surface area contributed by atoms with E-state index in [0.29, 0.717) is 6.54 Å². The Hall–Kier alpha value is -2.50. The van der Waals surface area contributed by atoms with Gasteiger partial charge in [-0.3, -0.25) is 15.1 Å². The van der Waals surface area contributed by atoms with Gasteiger partial charge in [0.2, 0.25) is 0 Å². The lowest BCUT2D eigenvalue weighted by molar-refractivity contribution is -0.384. The maximum atomic E-state index is 13.0. The number of nitro groups is 1. The Labute approximate surface area is 109 Å². The predicted molar refractivity (Wildman–Crippen MR) is 69.4 cm³/mol. The Morgan fingerprint density at radius 1 is 1.37 bits per heavy atom. The summed E-state index contributed by atoms with van der Waals surface area (Å²) in [5.74, 6) is -0.633. The van der Waals surface area contributed by atoms with Crippen molar-refractivity contribution >= 4 is 11.4 Å². The van der Waals surface area contributed by atoms with Crippen molar-refractivity contribution in [2.45, 2.75) is 13.5 Å². The molecule has 0 aliphatic carbocycles. The molecular weight excluding hydrogens is 249 g/mol. The van der Waals surface area contributed by atoms with Crippen LogP contribution in [0.25, 0.3) is 0 Å². The number of anilines is 1. The molecule has 0 fully saturated rings. The summed E-state index contributed by atoms with van der Waals surface area (Å²) in [7, 11) is 0. The number of benzene rings is 1. The van der Waals surface area contributed by atoms with Gasteiger partial charge in [0, 0.05) is 5.69 Å². The number of hydrogen-bond donors (Lipinski definition) is 1. The maximum absolute atomic E-state index is 13.0. The summed E-state index contributed by atoms with van der Waals surface area (Å²) in [6.07, 6.45) is 0. The molecule has 1 aromatic heterocycles. The molecule has 6 heteroatoms. The second-order valence-electron chi connectivity index (χ2n) is 4.04. The molecule has 0 spiro atoms. The van der Waals surface area contributed by atoms with Gasteiger partial charge in [0.05, 0.1) is 23.2 Å². The van der Waals surface area contributed by atoms with E-state index in [1.807, 2.05) is 25.1 Å². The first-order valence-electron chi connectivity index (χ1n) is 5.66. The summed E-state index contributed by atoms with van der Waals surface area (Å²) >= 11 is 0. The Balaban J connectivity index is 2.17.